The van der Waals surface area contributed by atoms with Crippen LogP contribution < -0.4 is 0 Å². The van der Waals surface area contributed by atoms with Crippen molar-refractivity contribution in [2.24, 2.45) is 0 Å². The molecule has 0 unspecified atom stereocenters. The zero-order valence-corrected chi connectivity index (χ0v) is 7.17. The molecule has 0 bridgehead atoms. The highest BCUT2D eigenvalue weighted by molar-refractivity contribution is 8.21. The van der Waals surface area contributed by atoms with Crippen molar-refractivity contribution in [1.29, 1.82) is 0 Å². The van der Waals surface area contributed by atoms with E-state index in [0.717, 1.165) is 6.61 Å². The van der Waals surface area contributed by atoms with Crippen molar-refractivity contribution in [3.63, 3.8) is 0 Å². The van der Waals surface area contributed by atoms with Crippen LogP contribution >= 0.6 is 11.2 Å². The van der Waals surface area contributed by atoms with Crippen molar-refractivity contribution in [3.8, 4) is 0 Å². The van der Waals surface area contributed by atoms with Crippen LogP contribution in [-0.4, -0.2) is 21.3 Å². The molecule has 0 atom stereocenters. The molecule has 0 aromatic rings. The fraction of sp³-hybridized carbons (Fsp3) is 1.00. The smallest absolute Gasteiger partial charge is 0.222 e. The lowest BCUT2D eigenvalue weighted by Gasteiger charge is -1.93. The van der Waals surface area contributed by atoms with Crippen LogP contribution in [0.1, 0.15) is 13.8 Å². The van der Waals surface area contributed by atoms with E-state index < -0.39 is 0 Å². The summed E-state index contributed by atoms with van der Waals surface area (Å²) in [4.78, 5) is 0. The molecule has 0 spiro atoms. The number of hydrogen-bond donors (Lipinski definition) is 0. The van der Waals surface area contributed by atoms with Crippen LogP contribution in [0.5, 0.6) is 0 Å². The Bertz CT molecular complexity index is 30.9. The largest absolute Gasteiger partial charge is 0.413 e. The first kappa shape index (κ1) is 7.53. The highest BCUT2D eigenvalue weighted by atomic mass is 32.4. The second-order valence-corrected chi connectivity index (χ2v) is 4.66. The molecule has 0 fully saturated rings. The van der Waals surface area contributed by atoms with Gasteiger partial charge in [0.05, 0.1) is 0 Å². The van der Waals surface area contributed by atoms with Crippen LogP contribution in [0.3, 0.4) is 0 Å². The molecule has 1 nitrogen and oxygen atoms in total. The molecule has 7 heavy (non-hydrogen) atoms. The average molecular weight is 136 g/mol. The summed E-state index contributed by atoms with van der Waals surface area (Å²) in [5.41, 5.74) is 0. The Hall–Kier alpha value is 0.527. The molecule has 0 aromatic carbocycles. The Labute approximate surface area is 51.4 Å². The van der Waals surface area contributed by atoms with Crippen molar-refractivity contribution in [3.05, 3.63) is 0 Å². The predicted molar refractivity (Wildman–Crippen MR) is 38.3 cm³/mol. The fourth-order valence-electron chi connectivity index (χ4n) is 0.226. The van der Waals surface area contributed by atoms with Gasteiger partial charge in [-0.3, -0.25) is 0 Å². The van der Waals surface area contributed by atoms with Crippen molar-refractivity contribution in [2.75, 3.05) is 12.4 Å². The van der Waals surface area contributed by atoms with Crippen molar-refractivity contribution in [2.45, 2.75) is 13.8 Å². The van der Waals surface area contributed by atoms with E-state index in [-0.39, 0.29) is 8.91 Å². The molecule has 44 valence electrons. The summed E-state index contributed by atoms with van der Waals surface area (Å²) < 4.78 is 5.18. The molecule has 0 aromatic heterocycles. The Morgan fingerprint density at radius 1 is 1.57 bits per heavy atom. The Morgan fingerprint density at radius 2 is 2.29 bits per heavy atom. The molecule has 0 aliphatic heterocycles. The van der Waals surface area contributed by atoms with Gasteiger partial charge in [-0.2, -0.15) is 11.2 Å². The lowest BCUT2D eigenvalue weighted by atomic mass is 10.9. The van der Waals surface area contributed by atoms with Crippen LogP contribution in [0.25, 0.3) is 0 Å². The number of hydrogen-bond acceptors (Lipinski definition) is 2. The molecular formula is C4H12OSSi. The van der Waals surface area contributed by atoms with Gasteiger partial charge in [0.25, 0.3) is 0 Å². The Morgan fingerprint density at radius 3 is 2.71 bits per heavy atom. The highest BCUT2D eigenvalue weighted by Gasteiger charge is 1.80. The van der Waals surface area contributed by atoms with Gasteiger partial charge in [-0.1, -0.05) is 6.92 Å². The third-order valence-corrected chi connectivity index (χ3v) is 3.95. The van der Waals surface area contributed by atoms with Crippen molar-refractivity contribution in [1.82, 2.24) is 0 Å². The third-order valence-electron chi connectivity index (χ3n) is 0.575. The van der Waals surface area contributed by atoms with Gasteiger partial charge >= 0.3 is 0 Å². The van der Waals surface area contributed by atoms with Crippen LogP contribution in [0.15, 0.2) is 0 Å². The second-order valence-electron chi connectivity index (χ2n) is 1.10. The molecule has 0 radical (unpaired) electrons. The normalized spacial score (nSPS) is 11.1. The summed E-state index contributed by atoms with van der Waals surface area (Å²) in [6.45, 7) is 5.11. The van der Waals surface area contributed by atoms with E-state index >= 15 is 0 Å². The zero-order chi connectivity index (χ0) is 5.54. The van der Waals surface area contributed by atoms with Crippen LogP contribution in [0.2, 0.25) is 0 Å². The van der Waals surface area contributed by atoms with Crippen molar-refractivity contribution < 1.29 is 4.43 Å². The van der Waals surface area contributed by atoms with E-state index in [4.69, 9.17) is 4.43 Å². The first-order valence-corrected chi connectivity index (χ1v) is 6.03. The van der Waals surface area contributed by atoms with Crippen molar-refractivity contribution >= 4 is 20.1 Å². The quantitative estimate of drug-likeness (QED) is 0.417. The SMILES string of the molecule is CCO[SiH2]SCC. The second kappa shape index (κ2) is 6.53. The maximum atomic E-state index is 5.18. The van der Waals surface area contributed by atoms with E-state index in [0.29, 0.717) is 0 Å². The molecular weight excluding hydrogens is 124 g/mol. The molecule has 3 heteroatoms. The third kappa shape index (κ3) is 6.53. The summed E-state index contributed by atoms with van der Waals surface area (Å²) in [5, 5.41) is 0. The van der Waals surface area contributed by atoms with Gasteiger partial charge in [-0.15, -0.1) is 0 Å². The van der Waals surface area contributed by atoms with Gasteiger partial charge in [0.1, 0.15) is 0 Å². The predicted octanol–water partition coefficient (Wildman–Crippen LogP) is 0.775. The van der Waals surface area contributed by atoms with Crippen LogP contribution in [0.4, 0.5) is 0 Å². The van der Waals surface area contributed by atoms with Gasteiger partial charge in [0.15, 0.2) is 0 Å². The zero-order valence-electron chi connectivity index (χ0n) is 4.94. The molecule has 0 heterocycles. The van der Waals surface area contributed by atoms with Gasteiger partial charge in [-0.05, 0) is 12.7 Å². The van der Waals surface area contributed by atoms with Gasteiger partial charge in [-0.25, -0.2) is 0 Å². The Kier molecular flexibility index (Phi) is 7.02. The fourth-order valence-corrected chi connectivity index (χ4v) is 2.03. The lowest BCUT2D eigenvalue weighted by Crippen LogP contribution is -1.92. The monoisotopic (exact) mass is 136 g/mol. The molecule has 0 saturated heterocycles. The molecule has 0 aliphatic rings. The minimum absolute atomic E-state index is 0.172. The van der Waals surface area contributed by atoms with E-state index in [1.165, 1.54) is 5.75 Å². The first-order chi connectivity index (χ1) is 3.41. The molecule has 0 rings (SSSR count). The number of rotatable bonds is 4. The highest BCUT2D eigenvalue weighted by Crippen LogP contribution is 1.93. The minimum atomic E-state index is -0.172. The molecule has 0 saturated carbocycles. The maximum absolute atomic E-state index is 5.18. The first-order valence-electron chi connectivity index (χ1n) is 2.57. The molecule has 0 aliphatic carbocycles. The average Bonchev–Trinajstić information content (AvgIpc) is 1.69. The minimum Gasteiger partial charge on any atom is -0.413 e. The van der Waals surface area contributed by atoms with Gasteiger partial charge < -0.3 is 4.43 Å². The van der Waals surface area contributed by atoms with Crippen LogP contribution in [-0.2, 0) is 4.43 Å². The van der Waals surface area contributed by atoms with E-state index in [9.17, 15) is 0 Å². The summed E-state index contributed by atoms with van der Waals surface area (Å²) in [5.74, 6) is 1.21. The van der Waals surface area contributed by atoms with Gasteiger partial charge in [0, 0.05) is 6.61 Å². The maximum Gasteiger partial charge on any atom is 0.222 e. The Balaban J connectivity index is 2.45. The van der Waals surface area contributed by atoms with E-state index in [2.05, 4.69) is 6.92 Å². The molecule has 0 N–H and O–H groups in total. The van der Waals surface area contributed by atoms with Crippen LogP contribution in [0, 0.1) is 0 Å². The van der Waals surface area contributed by atoms with E-state index in [1.807, 2.05) is 18.1 Å². The standard InChI is InChI=1S/C4H12OSSi/c1-3-5-7-6-4-2/h3-4,7H2,1-2H3. The summed E-state index contributed by atoms with van der Waals surface area (Å²) in [7, 11) is -0.172. The van der Waals surface area contributed by atoms with E-state index in [1.54, 1.807) is 0 Å². The summed E-state index contributed by atoms with van der Waals surface area (Å²) in [6.07, 6.45) is 0. The topological polar surface area (TPSA) is 9.23 Å². The lowest BCUT2D eigenvalue weighted by molar-refractivity contribution is 0.372. The summed E-state index contributed by atoms with van der Waals surface area (Å²) in [6, 6.07) is 0. The molecule has 0 amide bonds. The van der Waals surface area contributed by atoms with Gasteiger partial charge in [0.2, 0.25) is 8.91 Å². The summed E-state index contributed by atoms with van der Waals surface area (Å²) >= 11 is 1.95.